The van der Waals surface area contributed by atoms with Crippen molar-refractivity contribution >= 4 is 10.0 Å². The quantitative estimate of drug-likeness (QED) is 0.208. The van der Waals surface area contributed by atoms with Gasteiger partial charge in [0.15, 0.2) is 0 Å². The summed E-state index contributed by atoms with van der Waals surface area (Å²) in [4.78, 5) is 0.268. The second kappa shape index (κ2) is 12.8. The van der Waals surface area contributed by atoms with Crippen molar-refractivity contribution in [2.45, 2.75) is 50.1 Å². The molecule has 0 radical (unpaired) electrons. The minimum absolute atomic E-state index is 0.233. The average Bonchev–Trinajstić information content (AvgIpc) is 2.92. The topological polar surface area (TPSA) is 58.2 Å². The Hall–Kier alpha value is -3.25. The largest absolute Gasteiger partial charge is 0.308 e. The third-order valence-electron chi connectivity index (χ3n) is 6.64. The summed E-state index contributed by atoms with van der Waals surface area (Å²) in [5.74, 6) is 0. The van der Waals surface area contributed by atoms with Crippen LogP contribution in [0, 0.1) is 13.8 Å². The lowest BCUT2D eigenvalue weighted by Crippen LogP contribution is -2.39. The van der Waals surface area contributed by atoms with Gasteiger partial charge in [0.2, 0.25) is 10.0 Å². The first kappa shape index (κ1) is 26.8. The van der Waals surface area contributed by atoms with E-state index in [9.17, 15) is 8.42 Å². The average molecular weight is 513 g/mol. The summed E-state index contributed by atoms with van der Waals surface area (Å²) in [7, 11) is -3.74. The van der Waals surface area contributed by atoms with E-state index in [1.165, 1.54) is 11.1 Å². The number of rotatable bonds is 12. The number of hydrogen-bond donors (Lipinski definition) is 2. The predicted molar refractivity (Wildman–Crippen MR) is 152 cm³/mol. The van der Waals surface area contributed by atoms with E-state index < -0.39 is 16.1 Å². The number of sulfonamides is 1. The molecule has 5 heteroatoms. The van der Waals surface area contributed by atoms with Gasteiger partial charge in [-0.3, -0.25) is 0 Å². The summed E-state index contributed by atoms with van der Waals surface area (Å²) in [5.41, 5.74) is 5.60. The van der Waals surface area contributed by atoms with Gasteiger partial charge in [0, 0.05) is 0 Å². The molecule has 0 fully saturated rings. The fourth-order valence-electron chi connectivity index (χ4n) is 4.50. The van der Waals surface area contributed by atoms with Gasteiger partial charge in [-0.05, 0) is 68.5 Å². The smallest absolute Gasteiger partial charge is 0.241 e. The Bertz CT molecular complexity index is 1340. The van der Waals surface area contributed by atoms with E-state index in [-0.39, 0.29) is 10.9 Å². The molecule has 0 bridgehead atoms. The van der Waals surface area contributed by atoms with Crippen molar-refractivity contribution in [1.82, 2.24) is 10.0 Å². The highest BCUT2D eigenvalue weighted by molar-refractivity contribution is 7.89. The first-order valence-corrected chi connectivity index (χ1v) is 14.4. The maximum atomic E-state index is 13.5. The highest BCUT2D eigenvalue weighted by atomic mass is 32.2. The fraction of sp³-hybridized carbons (Fsp3) is 0.250. The van der Waals surface area contributed by atoms with Crippen LogP contribution in [0.5, 0.6) is 0 Å². The van der Waals surface area contributed by atoms with E-state index in [0.29, 0.717) is 0 Å². The van der Waals surface area contributed by atoms with Gasteiger partial charge in [-0.1, -0.05) is 108 Å². The van der Waals surface area contributed by atoms with Gasteiger partial charge in [-0.25, -0.2) is 13.1 Å². The van der Waals surface area contributed by atoms with Gasteiger partial charge < -0.3 is 5.32 Å². The minimum atomic E-state index is -3.74. The highest BCUT2D eigenvalue weighted by Crippen LogP contribution is 2.31. The van der Waals surface area contributed by atoms with Crippen LogP contribution in [0.15, 0.2) is 114 Å². The lowest BCUT2D eigenvalue weighted by molar-refractivity contribution is 0.417. The second-order valence-electron chi connectivity index (χ2n) is 9.61. The fourth-order valence-corrected chi connectivity index (χ4v) is 5.73. The van der Waals surface area contributed by atoms with Crippen LogP contribution in [0.1, 0.15) is 52.7 Å². The molecule has 0 heterocycles. The van der Waals surface area contributed by atoms with Crippen molar-refractivity contribution in [1.29, 1.82) is 0 Å². The first-order chi connectivity index (χ1) is 17.9. The molecule has 37 heavy (non-hydrogen) atoms. The van der Waals surface area contributed by atoms with E-state index in [4.69, 9.17) is 0 Å². The molecular formula is C32H36N2O2S. The summed E-state index contributed by atoms with van der Waals surface area (Å²) in [5, 5.41) is 3.69. The van der Waals surface area contributed by atoms with Crippen molar-refractivity contribution in [2.75, 3.05) is 6.54 Å². The Morgan fingerprint density at radius 3 is 1.70 bits per heavy atom. The molecule has 0 amide bonds. The molecule has 0 saturated carbocycles. The third-order valence-corrected chi connectivity index (χ3v) is 8.10. The minimum Gasteiger partial charge on any atom is -0.308 e. The van der Waals surface area contributed by atoms with Gasteiger partial charge in [0.25, 0.3) is 0 Å². The summed E-state index contributed by atoms with van der Waals surface area (Å²) >= 11 is 0. The van der Waals surface area contributed by atoms with Crippen LogP contribution in [0.2, 0.25) is 0 Å². The van der Waals surface area contributed by atoms with Crippen LogP contribution >= 0.6 is 0 Å². The molecular weight excluding hydrogens is 476 g/mol. The number of nitrogens with one attached hydrogen (secondary N) is 2. The molecule has 1 unspecified atom stereocenters. The normalized spacial score (nSPS) is 13.2. The SMILES string of the molecule is Cc1ccc(CCCCNC(c2ccccc2)[C@@H](NS(=O)(=O)c2ccc(C)cc2)c2ccccc2)cc1. The number of aryl methyl sites for hydroxylation is 3. The maximum Gasteiger partial charge on any atom is 0.241 e. The zero-order chi connectivity index (χ0) is 26.1. The van der Waals surface area contributed by atoms with Crippen molar-refractivity contribution in [3.63, 3.8) is 0 Å². The van der Waals surface area contributed by atoms with Crippen molar-refractivity contribution in [3.05, 3.63) is 137 Å². The van der Waals surface area contributed by atoms with Crippen LogP contribution in [0.3, 0.4) is 0 Å². The summed E-state index contributed by atoms with van der Waals surface area (Å²) in [6.07, 6.45) is 3.08. The van der Waals surface area contributed by atoms with Gasteiger partial charge in [0.05, 0.1) is 17.0 Å². The Morgan fingerprint density at radius 2 is 1.14 bits per heavy atom. The molecule has 192 valence electrons. The molecule has 0 aliphatic carbocycles. The highest BCUT2D eigenvalue weighted by Gasteiger charge is 2.29. The van der Waals surface area contributed by atoms with Gasteiger partial charge >= 0.3 is 0 Å². The molecule has 4 rings (SSSR count). The summed E-state index contributed by atoms with van der Waals surface area (Å²) in [6.45, 7) is 4.83. The standard InChI is InChI=1S/C32H36N2O2S/c1-25-16-20-27(21-17-25)11-9-10-24-33-31(28-12-5-3-6-13-28)32(29-14-7-4-8-15-29)34-37(35,36)30-22-18-26(2)19-23-30/h3-8,12-23,31-34H,9-11,24H2,1-2H3/t31?,32-/m0/s1. The van der Waals surface area contributed by atoms with Gasteiger partial charge in [0.1, 0.15) is 0 Å². The zero-order valence-electron chi connectivity index (χ0n) is 21.6. The molecule has 0 aromatic heterocycles. The Kier molecular flexibility index (Phi) is 9.29. The van der Waals surface area contributed by atoms with Crippen LogP contribution in [0.25, 0.3) is 0 Å². The molecule has 0 aliphatic rings. The molecule has 0 saturated heterocycles. The maximum absolute atomic E-state index is 13.5. The second-order valence-corrected chi connectivity index (χ2v) is 11.3. The van der Waals surface area contributed by atoms with E-state index in [1.54, 1.807) is 12.1 Å². The number of hydrogen-bond acceptors (Lipinski definition) is 3. The van der Waals surface area contributed by atoms with Crippen molar-refractivity contribution in [3.8, 4) is 0 Å². The van der Waals surface area contributed by atoms with Crippen LogP contribution in [0.4, 0.5) is 0 Å². The lowest BCUT2D eigenvalue weighted by Gasteiger charge is -2.30. The number of unbranched alkanes of at least 4 members (excludes halogenated alkanes) is 1. The molecule has 2 atom stereocenters. The Balaban J connectivity index is 1.55. The van der Waals surface area contributed by atoms with Crippen LogP contribution in [-0.2, 0) is 16.4 Å². The Morgan fingerprint density at radius 1 is 0.622 bits per heavy atom. The van der Waals surface area contributed by atoms with E-state index in [0.717, 1.165) is 42.5 Å². The monoisotopic (exact) mass is 512 g/mol. The summed E-state index contributed by atoms with van der Waals surface area (Å²) < 4.78 is 30.0. The molecule has 0 aliphatic heterocycles. The van der Waals surface area contributed by atoms with Crippen LogP contribution in [-0.4, -0.2) is 15.0 Å². The van der Waals surface area contributed by atoms with E-state index in [1.807, 2.05) is 67.6 Å². The molecule has 2 N–H and O–H groups in total. The first-order valence-electron chi connectivity index (χ1n) is 12.9. The Labute approximate surface area is 221 Å². The van der Waals surface area contributed by atoms with Gasteiger partial charge in [-0.15, -0.1) is 0 Å². The van der Waals surface area contributed by atoms with Gasteiger partial charge in [-0.2, -0.15) is 0 Å². The summed E-state index contributed by atoms with van der Waals surface area (Å²) in [6, 6.07) is 34.9. The predicted octanol–water partition coefficient (Wildman–Crippen LogP) is 6.68. The molecule has 4 nitrogen and oxygen atoms in total. The third kappa shape index (κ3) is 7.62. The number of benzene rings is 4. The van der Waals surface area contributed by atoms with Crippen molar-refractivity contribution < 1.29 is 8.42 Å². The van der Waals surface area contributed by atoms with Crippen molar-refractivity contribution in [2.24, 2.45) is 0 Å². The van der Waals surface area contributed by atoms with E-state index in [2.05, 4.69) is 53.4 Å². The molecule has 4 aromatic carbocycles. The molecule has 4 aromatic rings. The lowest BCUT2D eigenvalue weighted by atomic mass is 9.94. The van der Waals surface area contributed by atoms with E-state index >= 15 is 0 Å². The molecule has 0 spiro atoms. The van der Waals surface area contributed by atoms with Crippen LogP contribution < -0.4 is 10.0 Å². The zero-order valence-corrected chi connectivity index (χ0v) is 22.4.